The highest BCUT2D eigenvalue weighted by Crippen LogP contribution is 2.31. The van der Waals surface area contributed by atoms with Crippen molar-refractivity contribution < 1.29 is 9.84 Å². The van der Waals surface area contributed by atoms with Crippen molar-refractivity contribution in [2.75, 3.05) is 0 Å². The molecule has 2 unspecified atom stereocenters. The largest absolute Gasteiger partial charge is 0.474 e. The van der Waals surface area contributed by atoms with Gasteiger partial charge in [-0.1, -0.05) is 13.8 Å². The second kappa shape index (κ2) is 5.50. The van der Waals surface area contributed by atoms with E-state index in [4.69, 9.17) is 4.74 Å². The number of ether oxygens (including phenoxy) is 1. The van der Waals surface area contributed by atoms with Crippen LogP contribution in [0.25, 0.3) is 0 Å². The topological polar surface area (TPSA) is 42.4 Å². The second-order valence-electron chi connectivity index (χ2n) is 5.28. The number of pyridine rings is 1. The summed E-state index contributed by atoms with van der Waals surface area (Å²) in [5.74, 6) is 2.02. The Morgan fingerprint density at radius 3 is 2.65 bits per heavy atom. The van der Waals surface area contributed by atoms with Crippen LogP contribution in [0.3, 0.4) is 0 Å². The molecule has 0 aromatic carbocycles. The van der Waals surface area contributed by atoms with Gasteiger partial charge in [-0.15, -0.1) is 0 Å². The lowest BCUT2D eigenvalue weighted by atomic mass is 9.82. The maximum Gasteiger partial charge on any atom is 0.219 e. The zero-order chi connectivity index (χ0) is 12.3. The van der Waals surface area contributed by atoms with Crippen molar-refractivity contribution in [3.8, 4) is 5.88 Å². The van der Waals surface area contributed by atoms with Crippen molar-refractivity contribution in [1.29, 1.82) is 0 Å². The predicted octanol–water partition coefficient (Wildman–Crippen LogP) is 2.78. The van der Waals surface area contributed by atoms with E-state index in [9.17, 15) is 5.11 Å². The minimum absolute atomic E-state index is 0.0129. The molecule has 0 aliphatic heterocycles. The highest BCUT2D eigenvalue weighted by molar-refractivity contribution is 5.24. The van der Waals surface area contributed by atoms with Gasteiger partial charge in [0.1, 0.15) is 6.10 Å². The predicted molar refractivity (Wildman–Crippen MR) is 66.8 cm³/mol. The lowest BCUT2D eigenvalue weighted by molar-refractivity contribution is 0.0939. The van der Waals surface area contributed by atoms with Crippen LogP contribution in [0.1, 0.15) is 38.7 Å². The molecule has 0 saturated heterocycles. The van der Waals surface area contributed by atoms with E-state index < -0.39 is 0 Å². The summed E-state index contributed by atoms with van der Waals surface area (Å²) in [7, 11) is 0. The van der Waals surface area contributed by atoms with Crippen LogP contribution in [-0.2, 0) is 6.61 Å². The molecule has 1 saturated carbocycles. The first-order valence-electron chi connectivity index (χ1n) is 6.40. The number of rotatable bonds is 3. The Morgan fingerprint density at radius 1 is 1.29 bits per heavy atom. The average molecular weight is 235 g/mol. The molecule has 1 heterocycles. The molecular weight excluding hydrogens is 214 g/mol. The molecule has 3 nitrogen and oxygen atoms in total. The SMILES string of the molecule is CC1CC(C)CC(Oc2ncccc2CO)C1. The van der Waals surface area contributed by atoms with Gasteiger partial charge in [-0.05, 0) is 43.2 Å². The summed E-state index contributed by atoms with van der Waals surface area (Å²) in [6.45, 7) is 4.54. The Balaban J connectivity index is 2.04. The molecule has 3 heteroatoms. The normalized spacial score (nSPS) is 29.0. The zero-order valence-corrected chi connectivity index (χ0v) is 10.6. The molecule has 1 aromatic heterocycles. The van der Waals surface area contributed by atoms with Gasteiger partial charge in [-0.2, -0.15) is 0 Å². The number of hydrogen-bond acceptors (Lipinski definition) is 3. The number of hydrogen-bond donors (Lipinski definition) is 1. The number of aromatic nitrogens is 1. The van der Waals surface area contributed by atoms with Gasteiger partial charge >= 0.3 is 0 Å². The minimum Gasteiger partial charge on any atom is -0.474 e. The van der Waals surface area contributed by atoms with E-state index in [-0.39, 0.29) is 12.7 Å². The molecule has 2 atom stereocenters. The Bertz CT molecular complexity index is 357. The molecule has 94 valence electrons. The summed E-state index contributed by atoms with van der Waals surface area (Å²) in [6, 6.07) is 3.68. The first-order valence-corrected chi connectivity index (χ1v) is 6.40. The smallest absolute Gasteiger partial charge is 0.219 e. The molecule has 0 radical (unpaired) electrons. The highest BCUT2D eigenvalue weighted by Gasteiger charge is 2.25. The van der Waals surface area contributed by atoms with Crippen molar-refractivity contribution >= 4 is 0 Å². The number of aliphatic hydroxyl groups is 1. The molecule has 0 amide bonds. The fourth-order valence-electron chi connectivity index (χ4n) is 2.78. The average Bonchev–Trinajstić information content (AvgIpc) is 2.28. The Kier molecular flexibility index (Phi) is 4.00. The van der Waals surface area contributed by atoms with E-state index in [0.717, 1.165) is 18.4 Å². The van der Waals surface area contributed by atoms with Crippen LogP contribution in [0.5, 0.6) is 5.88 Å². The molecule has 0 bridgehead atoms. The van der Waals surface area contributed by atoms with Gasteiger partial charge in [0.2, 0.25) is 5.88 Å². The quantitative estimate of drug-likeness (QED) is 0.876. The van der Waals surface area contributed by atoms with Gasteiger partial charge in [0, 0.05) is 11.8 Å². The summed E-state index contributed by atoms with van der Waals surface area (Å²) in [5, 5.41) is 9.23. The number of aliphatic hydroxyl groups excluding tert-OH is 1. The third kappa shape index (κ3) is 3.19. The first kappa shape index (κ1) is 12.4. The van der Waals surface area contributed by atoms with Crippen LogP contribution in [0, 0.1) is 11.8 Å². The van der Waals surface area contributed by atoms with E-state index in [0.29, 0.717) is 17.7 Å². The fraction of sp³-hybridized carbons (Fsp3) is 0.643. The summed E-state index contributed by atoms with van der Waals surface area (Å²) >= 11 is 0. The molecule has 1 fully saturated rings. The number of nitrogens with zero attached hydrogens (tertiary/aromatic N) is 1. The molecule has 1 aliphatic carbocycles. The maximum atomic E-state index is 9.23. The Morgan fingerprint density at radius 2 is 2.00 bits per heavy atom. The summed E-state index contributed by atoms with van der Waals surface area (Å²) in [4.78, 5) is 4.21. The monoisotopic (exact) mass is 235 g/mol. The van der Waals surface area contributed by atoms with Crippen molar-refractivity contribution in [3.05, 3.63) is 23.9 Å². The minimum atomic E-state index is -0.0129. The summed E-state index contributed by atoms with van der Waals surface area (Å²) in [6.07, 6.45) is 5.42. The second-order valence-corrected chi connectivity index (χ2v) is 5.28. The Labute approximate surface area is 103 Å². The molecule has 17 heavy (non-hydrogen) atoms. The lowest BCUT2D eigenvalue weighted by Crippen LogP contribution is -2.29. The van der Waals surface area contributed by atoms with Crippen LogP contribution in [0.4, 0.5) is 0 Å². The van der Waals surface area contributed by atoms with E-state index in [1.165, 1.54) is 6.42 Å². The molecule has 1 N–H and O–H groups in total. The van der Waals surface area contributed by atoms with Gasteiger partial charge in [0.05, 0.1) is 6.61 Å². The fourth-order valence-corrected chi connectivity index (χ4v) is 2.78. The van der Waals surface area contributed by atoms with Crippen molar-refractivity contribution in [2.45, 2.75) is 45.8 Å². The molecule has 0 spiro atoms. The van der Waals surface area contributed by atoms with Gasteiger partial charge in [0.15, 0.2) is 0 Å². The van der Waals surface area contributed by atoms with E-state index >= 15 is 0 Å². The van der Waals surface area contributed by atoms with E-state index in [1.54, 1.807) is 6.20 Å². The van der Waals surface area contributed by atoms with E-state index in [2.05, 4.69) is 18.8 Å². The molecule has 1 aliphatic rings. The third-order valence-corrected chi connectivity index (χ3v) is 3.43. The molecule has 1 aromatic rings. The summed E-state index contributed by atoms with van der Waals surface area (Å²) in [5.41, 5.74) is 0.776. The standard InChI is InChI=1S/C14H21NO2/c1-10-6-11(2)8-13(7-10)17-14-12(9-16)4-3-5-15-14/h3-5,10-11,13,16H,6-9H2,1-2H3. The molecule has 2 rings (SSSR count). The first-order chi connectivity index (χ1) is 8.19. The van der Waals surface area contributed by atoms with E-state index in [1.807, 2.05) is 12.1 Å². The molecular formula is C14H21NO2. The zero-order valence-electron chi connectivity index (χ0n) is 10.6. The maximum absolute atomic E-state index is 9.23. The van der Waals surface area contributed by atoms with Gasteiger partial charge in [-0.25, -0.2) is 4.98 Å². The van der Waals surface area contributed by atoms with Crippen LogP contribution in [0.15, 0.2) is 18.3 Å². The van der Waals surface area contributed by atoms with Crippen LogP contribution in [-0.4, -0.2) is 16.2 Å². The van der Waals surface area contributed by atoms with Gasteiger partial charge in [0.25, 0.3) is 0 Å². The summed E-state index contributed by atoms with van der Waals surface area (Å²) < 4.78 is 5.95. The van der Waals surface area contributed by atoms with Crippen LogP contribution < -0.4 is 4.74 Å². The van der Waals surface area contributed by atoms with Crippen LogP contribution >= 0.6 is 0 Å². The van der Waals surface area contributed by atoms with Crippen LogP contribution in [0.2, 0.25) is 0 Å². The lowest BCUT2D eigenvalue weighted by Gasteiger charge is -2.31. The van der Waals surface area contributed by atoms with Gasteiger partial charge in [-0.3, -0.25) is 0 Å². The highest BCUT2D eigenvalue weighted by atomic mass is 16.5. The van der Waals surface area contributed by atoms with Gasteiger partial charge < -0.3 is 9.84 Å². The Hall–Kier alpha value is -1.09. The van der Waals surface area contributed by atoms with Crippen molar-refractivity contribution in [1.82, 2.24) is 4.98 Å². The van der Waals surface area contributed by atoms with Crippen molar-refractivity contribution in [2.24, 2.45) is 11.8 Å². The van der Waals surface area contributed by atoms with Crippen molar-refractivity contribution in [3.63, 3.8) is 0 Å². The third-order valence-electron chi connectivity index (χ3n) is 3.43.